The molecule has 1 fully saturated rings. The molecule has 0 spiro atoms. The van der Waals surface area contributed by atoms with Gasteiger partial charge in [-0.3, -0.25) is 0 Å². The van der Waals surface area contributed by atoms with Crippen molar-refractivity contribution in [2.45, 2.75) is 12.0 Å². The molecule has 1 unspecified atom stereocenters. The van der Waals surface area contributed by atoms with E-state index in [2.05, 4.69) is 10.3 Å². The van der Waals surface area contributed by atoms with Gasteiger partial charge in [0.05, 0.1) is 12.3 Å². The molecule has 0 radical (unpaired) electrons. The van der Waals surface area contributed by atoms with Crippen LogP contribution in [0.3, 0.4) is 0 Å². The van der Waals surface area contributed by atoms with Crippen molar-refractivity contribution in [1.82, 2.24) is 4.98 Å². The van der Waals surface area contributed by atoms with Crippen LogP contribution in [0.2, 0.25) is 5.02 Å². The third kappa shape index (κ3) is 2.96. The molecule has 20 heavy (non-hydrogen) atoms. The zero-order chi connectivity index (χ0) is 14.0. The standard InChI is InChI=1S/C14H15ClN2O2S/c15-11-4-2-1-3-10(11)12-7-20-13(17-12)16-8-14(18)5-6-19-9-14/h1-4,7,18H,5-6,8-9H2,(H,16,17). The van der Waals surface area contributed by atoms with Crippen molar-refractivity contribution >= 4 is 28.1 Å². The fourth-order valence-electron chi connectivity index (χ4n) is 2.12. The van der Waals surface area contributed by atoms with Crippen LogP contribution in [0.4, 0.5) is 5.13 Å². The van der Waals surface area contributed by atoms with Crippen LogP contribution >= 0.6 is 22.9 Å². The Hall–Kier alpha value is -1.14. The van der Waals surface area contributed by atoms with Crippen LogP contribution in [-0.4, -0.2) is 35.5 Å². The molecule has 2 heterocycles. The average Bonchev–Trinajstić information content (AvgIpc) is 3.07. The quantitative estimate of drug-likeness (QED) is 0.911. The van der Waals surface area contributed by atoms with E-state index in [0.29, 0.717) is 31.2 Å². The van der Waals surface area contributed by atoms with Gasteiger partial charge in [-0.15, -0.1) is 11.3 Å². The number of rotatable bonds is 4. The van der Waals surface area contributed by atoms with E-state index in [1.807, 2.05) is 29.6 Å². The van der Waals surface area contributed by atoms with Crippen LogP contribution in [0.1, 0.15) is 6.42 Å². The molecule has 106 valence electrons. The van der Waals surface area contributed by atoms with E-state index in [4.69, 9.17) is 16.3 Å². The number of nitrogens with zero attached hydrogens (tertiary/aromatic N) is 1. The average molecular weight is 311 g/mol. The van der Waals surface area contributed by atoms with Gasteiger partial charge in [-0.05, 0) is 6.07 Å². The monoisotopic (exact) mass is 310 g/mol. The van der Waals surface area contributed by atoms with Crippen molar-refractivity contribution in [2.75, 3.05) is 25.1 Å². The Labute approximate surface area is 126 Å². The van der Waals surface area contributed by atoms with E-state index in [-0.39, 0.29) is 0 Å². The molecule has 3 rings (SSSR count). The van der Waals surface area contributed by atoms with Crippen molar-refractivity contribution in [3.63, 3.8) is 0 Å². The van der Waals surface area contributed by atoms with Gasteiger partial charge in [-0.25, -0.2) is 4.98 Å². The fourth-order valence-corrected chi connectivity index (χ4v) is 3.07. The molecule has 2 aromatic rings. The molecule has 1 atom stereocenters. The Morgan fingerprint density at radius 2 is 2.30 bits per heavy atom. The second-order valence-corrected chi connectivity index (χ2v) is 6.16. The Bertz CT molecular complexity index is 596. The summed E-state index contributed by atoms with van der Waals surface area (Å²) in [4.78, 5) is 4.50. The number of thiazole rings is 1. The van der Waals surface area contributed by atoms with Gasteiger partial charge in [-0.2, -0.15) is 0 Å². The van der Waals surface area contributed by atoms with Gasteiger partial charge < -0.3 is 15.2 Å². The van der Waals surface area contributed by atoms with E-state index in [1.165, 1.54) is 11.3 Å². The highest BCUT2D eigenvalue weighted by atomic mass is 35.5. The largest absolute Gasteiger partial charge is 0.386 e. The Morgan fingerprint density at radius 1 is 1.45 bits per heavy atom. The fraction of sp³-hybridized carbons (Fsp3) is 0.357. The second-order valence-electron chi connectivity index (χ2n) is 4.90. The molecular formula is C14H15ClN2O2S. The highest BCUT2D eigenvalue weighted by Crippen LogP contribution is 2.30. The lowest BCUT2D eigenvalue weighted by Gasteiger charge is -2.20. The first-order valence-electron chi connectivity index (χ1n) is 6.41. The van der Waals surface area contributed by atoms with E-state index >= 15 is 0 Å². The first kappa shape index (κ1) is 13.8. The predicted molar refractivity (Wildman–Crippen MR) is 81.4 cm³/mol. The second kappa shape index (κ2) is 5.69. The Morgan fingerprint density at radius 3 is 3.05 bits per heavy atom. The molecule has 1 aromatic carbocycles. The van der Waals surface area contributed by atoms with Gasteiger partial charge in [-0.1, -0.05) is 29.8 Å². The SMILES string of the molecule is OC1(CNc2nc(-c3ccccc3Cl)cs2)CCOC1. The lowest BCUT2D eigenvalue weighted by Crippen LogP contribution is -2.37. The van der Waals surface area contributed by atoms with E-state index in [0.717, 1.165) is 16.4 Å². The van der Waals surface area contributed by atoms with Crippen LogP contribution in [0.15, 0.2) is 29.6 Å². The van der Waals surface area contributed by atoms with Gasteiger partial charge >= 0.3 is 0 Å². The van der Waals surface area contributed by atoms with Gasteiger partial charge in [0, 0.05) is 35.5 Å². The van der Waals surface area contributed by atoms with Crippen LogP contribution in [0.25, 0.3) is 11.3 Å². The minimum absolute atomic E-state index is 0.378. The van der Waals surface area contributed by atoms with E-state index in [9.17, 15) is 5.11 Å². The summed E-state index contributed by atoms with van der Waals surface area (Å²) < 4.78 is 5.21. The lowest BCUT2D eigenvalue weighted by atomic mass is 10.0. The van der Waals surface area contributed by atoms with Crippen molar-refractivity contribution in [3.8, 4) is 11.3 Å². The number of ether oxygens (including phenoxy) is 1. The summed E-state index contributed by atoms with van der Waals surface area (Å²) in [7, 11) is 0. The van der Waals surface area contributed by atoms with Crippen LogP contribution in [0, 0.1) is 0 Å². The lowest BCUT2D eigenvalue weighted by molar-refractivity contribution is 0.0382. The van der Waals surface area contributed by atoms with Gasteiger partial charge in [0.15, 0.2) is 5.13 Å². The predicted octanol–water partition coefficient (Wildman–Crippen LogP) is 3.03. The van der Waals surface area contributed by atoms with Crippen LogP contribution in [0.5, 0.6) is 0 Å². The summed E-state index contributed by atoms with van der Waals surface area (Å²) in [5.74, 6) is 0. The highest BCUT2D eigenvalue weighted by Gasteiger charge is 2.32. The zero-order valence-electron chi connectivity index (χ0n) is 10.8. The number of hydrogen-bond donors (Lipinski definition) is 2. The molecule has 0 aliphatic carbocycles. The topological polar surface area (TPSA) is 54.4 Å². The molecule has 1 aliphatic rings. The minimum atomic E-state index is -0.782. The Kier molecular flexibility index (Phi) is 3.94. The number of aromatic nitrogens is 1. The number of hydrogen-bond acceptors (Lipinski definition) is 5. The molecule has 6 heteroatoms. The molecular weight excluding hydrogens is 296 g/mol. The number of nitrogens with one attached hydrogen (secondary N) is 1. The summed E-state index contributed by atoms with van der Waals surface area (Å²) in [6, 6.07) is 7.63. The van der Waals surface area contributed by atoms with Gasteiger partial charge in [0.1, 0.15) is 5.60 Å². The number of benzene rings is 1. The normalized spacial score (nSPS) is 22.1. The third-order valence-electron chi connectivity index (χ3n) is 3.31. The minimum Gasteiger partial charge on any atom is -0.386 e. The molecule has 1 aliphatic heterocycles. The van der Waals surface area contributed by atoms with Crippen molar-refractivity contribution < 1.29 is 9.84 Å². The van der Waals surface area contributed by atoms with Gasteiger partial charge in [0.25, 0.3) is 0 Å². The number of halogens is 1. The molecule has 4 nitrogen and oxygen atoms in total. The van der Waals surface area contributed by atoms with Crippen molar-refractivity contribution in [2.24, 2.45) is 0 Å². The smallest absolute Gasteiger partial charge is 0.183 e. The summed E-state index contributed by atoms with van der Waals surface area (Å²) in [6.07, 6.45) is 0.656. The number of aliphatic hydroxyl groups is 1. The Balaban J connectivity index is 1.70. The van der Waals surface area contributed by atoms with Crippen molar-refractivity contribution in [1.29, 1.82) is 0 Å². The summed E-state index contributed by atoms with van der Waals surface area (Å²) in [5.41, 5.74) is 0.982. The van der Waals surface area contributed by atoms with E-state index in [1.54, 1.807) is 0 Å². The first-order valence-corrected chi connectivity index (χ1v) is 7.66. The number of anilines is 1. The van der Waals surface area contributed by atoms with Crippen LogP contribution in [-0.2, 0) is 4.74 Å². The maximum atomic E-state index is 10.2. The summed E-state index contributed by atoms with van der Waals surface area (Å²) in [5, 5.41) is 16.8. The molecule has 2 N–H and O–H groups in total. The summed E-state index contributed by atoms with van der Waals surface area (Å²) in [6.45, 7) is 1.44. The molecule has 0 saturated carbocycles. The maximum absolute atomic E-state index is 10.2. The molecule has 1 aromatic heterocycles. The zero-order valence-corrected chi connectivity index (χ0v) is 12.4. The van der Waals surface area contributed by atoms with E-state index < -0.39 is 5.60 Å². The summed E-state index contributed by atoms with van der Waals surface area (Å²) >= 11 is 7.66. The third-order valence-corrected chi connectivity index (χ3v) is 4.43. The maximum Gasteiger partial charge on any atom is 0.183 e. The van der Waals surface area contributed by atoms with Crippen LogP contribution < -0.4 is 5.32 Å². The molecule has 0 bridgehead atoms. The molecule has 1 saturated heterocycles. The van der Waals surface area contributed by atoms with Crippen molar-refractivity contribution in [3.05, 3.63) is 34.7 Å². The molecule has 0 amide bonds. The van der Waals surface area contributed by atoms with Gasteiger partial charge in [0.2, 0.25) is 0 Å². The first-order chi connectivity index (χ1) is 9.66. The highest BCUT2D eigenvalue weighted by molar-refractivity contribution is 7.14.